The molecule has 2 rings (SSSR count). The van der Waals surface area contributed by atoms with E-state index in [9.17, 15) is 0 Å². The van der Waals surface area contributed by atoms with Gasteiger partial charge in [0.15, 0.2) is 0 Å². The zero-order valence-electron chi connectivity index (χ0n) is 12.0. The first-order valence-electron chi connectivity index (χ1n) is 6.78. The highest BCUT2D eigenvalue weighted by atomic mass is 16.3. The summed E-state index contributed by atoms with van der Waals surface area (Å²) in [4.78, 5) is 19.4. The van der Waals surface area contributed by atoms with Crippen molar-refractivity contribution in [1.29, 1.82) is 0 Å². The van der Waals surface area contributed by atoms with Crippen LogP contribution in [0.2, 0.25) is 0 Å². The third-order valence-corrected chi connectivity index (χ3v) is 3.01. The van der Waals surface area contributed by atoms with E-state index < -0.39 is 0 Å². The van der Waals surface area contributed by atoms with Crippen LogP contribution in [0, 0.1) is 0 Å². The Hall–Kier alpha value is -1.95. The molecule has 0 fully saturated rings. The van der Waals surface area contributed by atoms with Gasteiger partial charge in [-0.1, -0.05) is 19.1 Å². The molecule has 6 nitrogen and oxygen atoms in total. The fourth-order valence-electron chi connectivity index (χ4n) is 2.11. The molecule has 0 aliphatic carbocycles. The first-order chi connectivity index (χ1) is 9.74. The van der Waals surface area contributed by atoms with Gasteiger partial charge >= 0.3 is 0 Å². The Morgan fingerprint density at radius 3 is 2.65 bits per heavy atom. The van der Waals surface area contributed by atoms with Gasteiger partial charge in [0.25, 0.3) is 6.47 Å². The molecule has 1 aromatic heterocycles. The summed E-state index contributed by atoms with van der Waals surface area (Å²) in [5.41, 5.74) is 1.17. The van der Waals surface area contributed by atoms with Gasteiger partial charge < -0.3 is 10.4 Å². The molecule has 0 aromatic carbocycles. The average molecular weight is 278 g/mol. The van der Waals surface area contributed by atoms with Gasteiger partial charge in [0.05, 0.1) is 0 Å². The minimum Gasteiger partial charge on any atom is -0.483 e. The van der Waals surface area contributed by atoms with Crippen molar-refractivity contribution in [3.63, 3.8) is 0 Å². The van der Waals surface area contributed by atoms with Crippen LogP contribution in [0.25, 0.3) is 0 Å². The highest BCUT2D eigenvalue weighted by molar-refractivity contribution is 5.32. The molecular weight excluding hydrogens is 256 g/mol. The van der Waals surface area contributed by atoms with E-state index in [1.165, 1.54) is 5.56 Å². The number of hydrogen-bond acceptors (Lipinski definition) is 5. The van der Waals surface area contributed by atoms with Gasteiger partial charge in [0.1, 0.15) is 0 Å². The van der Waals surface area contributed by atoms with Crippen molar-refractivity contribution in [2.24, 2.45) is 0 Å². The zero-order valence-corrected chi connectivity index (χ0v) is 12.0. The van der Waals surface area contributed by atoms with Gasteiger partial charge in [-0.2, -0.15) is 0 Å². The summed E-state index contributed by atoms with van der Waals surface area (Å²) in [6, 6.07) is 0.573. The van der Waals surface area contributed by atoms with Crippen molar-refractivity contribution in [2.45, 2.75) is 32.9 Å². The quantitative estimate of drug-likeness (QED) is 0.631. The minimum absolute atomic E-state index is 0.250. The summed E-state index contributed by atoms with van der Waals surface area (Å²) >= 11 is 0. The lowest BCUT2D eigenvalue weighted by Gasteiger charge is -2.22. The molecule has 1 atom stereocenters. The number of hydrogen-bond donors (Lipinski definition) is 2. The molecule has 1 aliphatic heterocycles. The lowest BCUT2D eigenvalue weighted by molar-refractivity contribution is -0.122. The smallest absolute Gasteiger partial charge is 0.290 e. The first-order valence-corrected chi connectivity index (χ1v) is 6.78. The Morgan fingerprint density at radius 2 is 2.10 bits per heavy atom. The third-order valence-electron chi connectivity index (χ3n) is 3.01. The van der Waals surface area contributed by atoms with Gasteiger partial charge in [-0.3, -0.25) is 9.69 Å². The highest BCUT2D eigenvalue weighted by Gasteiger charge is 2.17. The molecular formula is C14H22N4O2. The van der Waals surface area contributed by atoms with E-state index in [1.807, 2.05) is 19.3 Å². The Bertz CT molecular complexity index is 420. The van der Waals surface area contributed by atoms with Crippen molar-refractivity contribution in [3.8, 4) is 0 Å². The SMILES string of the molecule is CCNc1ncc(CN2CC=CC2CC)cn1.O=CO. The number of nitrogens with zero attached hydrogens (tertiary/aromatic N) is 3. The fraction of sp³-hybridized carbons (Fsp3) is 0.500. The van der Waals surface area contributed by atoms with E-state index >= 15 is 0 Å². The monoisotopic (exact) mass is 278 g/mol. The number of nitrogens with one attached hydrogen (secondary N) is 1. The van der Waals surface area contributed by atoms with E-state index in [4.69, 9.17) is 9.90 Å². The number of carboxylic acid groups (broad SMARTS) is 1. The summed E-state index contributed by atoms with van der Waals surface area (Å²) in [6.45, 7) is 6.83. The predicted octanol–water partition coefficient (Wildman–Crippen LogP) is 1.76. The number of rotatable bonds is 5. The molecule has 1 unspecified atom stereocenters. The van der Waals surface area contributed by atoms with Crippen LogP contribution in [0.1, 0.15) is 25.8 Å². The Balaban J connectivity index is 0.000000612. The van der Waals surface area contributed by atoms with Gasteiger partial charge in [0, 0.05) is 43.6 Å². The lowest BCUT2D eigenvalue weighted by Crippen LogP contribution is -2.28. The Kier molecular flexibility index (Phi) is 7.27. The maximum atomic E-state index is 8.36. The molecule has 110 valence electrons. The van der Waals surface area contributed by atoms with Gasteiger partial charge in [-0.05, 0) is 13.3 Å². The van der Waals surface area contributed by atoms with Gasteiger partial charge in [-0.25, -0.2) is 9.97 Å². The summed E-state index contributed by atoms with van der Waals surface area (Å²) < 4.78 is 0. The van der Waals surface area contributed by atoms with Crippen molar-refractivity contribution in [2.75, 3.05) is 18.4 Å². The molecule has 0 amide bonds. The second-order valence-corrected chi connectivity index (χ2v) is 4.38. The average Bonchev–Trinajstić information content (AvgIpc) is 2.89. The third kappa shape index (κ3) is 4.97. The molecule has 2 N–H and O–H groups in total. The molecule has 0 saturated carbocycles. The molecule has 0 radical (unpaired) electrons. The Labute approximate surface area is 119 Å². The van der Waals surface area contributed by atoms with Crippen molar-refractivity contribution in [3.05, 3.63) is 30.1 Å². The standard InChI is InChI=1S/C13H20N4.CH2O2/c1-3-12-6-5-7-17(12)10-11-8-15-13(14-4-2)16-9-11;2-1-3/h5-6,8-9,12H,3-4,7,10H2,1-2H3,(H,14,15,16);1H,(H,2,3). The summed E-state index contributed by atoms with van der Waals surface area (Å²) in [5.74, 6) is 0.711. The minimum atomic E-state index is -0.250. The molecule has 1 aromatic rings. The van der Waals surface area contributed by atoms with Gasteiger partial charge in [-0.15, -0.1) is 0 Å². The number of carbonyl (C=O) groups is 1. The first kappa shape index (κ1) is 16.1. The molecule has 2 heterocycles. The maximum absolute atomic E-state index is 8.36. The second-order valence-electron chi connectivity index (χ2n) is 4.38. The molecule has 0 bridgehead atoms. The second kappa shape index (κ2) is 9.03. The largest absolute Gasteiger partial charge is 0.483 e. The summed E-state index contributed by atoms with van der Waals surface area (Å²) in [6.07, 6.45) is 9.51. The van der Waals surface area contributed by atoms with Crippen LogP contribution in [0.3, 0.4) is 0 Å². The van der Waals surface area contributed by atoms with Crippen LogP contribution in [-0.4, -0.2) is 45.6 Å². The maximum Gasteiger partial charge on any atom is 0.290 e. The van der Waals surface area contributed by atoms with Gasteiger partial charge in [0.2, 0.25) is 5.95 Å². The molecule has 0 spiro atoms. The summed E-state index contributed by atoms with van der Waals surface area (Å²) in [5, 5.41) is 9.99. The summed E-state index contributed by atoms with van der Waals surface area (Å²) in [7, 11) is 0. The molecule has 6 heteroatoms. The van der Waals surface area contributed by atoms with E-state index in [2.05, 4.69) is 39.3 Å². The van der Waals surface area contributed by atoms with Crippen molar-refractivity contribution < 1.29 is 9.90 Å². The number of aromatic nitrogens is 2. The Morgan fingerprint density at radius 1 is 1.45 bits per heavy atom. The van der Waals surface area contributed by atoms with Crippen LogP contribution in [0.4, 0.5) is 5.95 Å². The highest BCUT2D eigenvalue weighted by Crippen LogP contribution is 2.16. The number of anilines is 1. The predicted molar refractivity (Wildman–Crippen MR) is 78.5 cm³/mol. The van der Waals surface area contributed by atoms with Crippen molar-refractivity contribution in [1.82, 2.24) is 14.9 Å². The normalized spacial score (nSPS) is 17.4. The van der Waals surface area contributed by atoms with Crippen LogP contribution in [-0.2, 0) is 11.3 Å². The topological polar surface area (TPSA) is 78.4 Å². The lowest BCUT2D eigenvalue weighted by atomic mass is 10.2. The zero-order chi connectivity index (χ0) is 14.8. The van der Waals surface area contributed by atoms with E-state index in [1.54, 1.807) is 0 Å². The van der Waals surface area contributed by atoms with E-state index in [0.717, 1.165) is 26.1 Å². The molecule has 1 aliphatic rings. The van der Waals surface area contributed by atoms with E-state index in [-0.39, 0.29) is 6.47 Å². The van der Waals surface area contributed by atoms with Crippen LogP contribution in [0.5, 0.6) is 0 Å². The van der Waals surface area contributed by atoms with E-state index in [0.29, 0.717) is 12.0 Å². The van der Waals surface area contributed by atoms with Crippen LogP contribution >= 0.6 is 0 Å². The molecule has 20 heavy (non-hydrogen) atoms. The van der Waals surface area contributed by atoms with Crippen molar-refractivity contribution >= 4 is 12.4 Å². The molecule has 0 saturated heterocycles. The van der Waals surface area contributed by atoms with Crippen LogP contribution < -0.4 is 5.32 Å². The van der Waals surface area contributed by atoms with Crippen LogP contribution in [0.15, 0.2) is 24.5 Å². The fourth-order valence-corrected chi connectivity index (χ4v) is 2.11.